The van der Waals surface area contributed by atoms with Crippen molar-refractivity contribution in [2.24, 2.45) is 0 Å². The highest BCUT2D eigenvalue weighted by molar-refractivity contribution is 7.87. The fraction of sp³-hybridized carbons (Fsp3) is 0.0800. The molecular formula is C25H19ClN2O7S. The van der Waals surface area contributed by atoms with Gasteiger partial charge in [0.15, 0.2) is 11.5 Å². The highest BCUT2D eigenvalue weighted by Crippen LogP contribution is 2.33. The van der Waals surface area contributed by atoms with Gasteiger partial charge < -0.3 is 8.92 Å². The molecule has 0 bridgehead atoms. The van der Waals surface area contributed by atoms with Crippen molar-refractivity contribution in [1.82, 2.24) is 5.32 Å². The molecule has 1 aliphatic heterocycles. The van der Waals surface area contributed by atoms with Crippen molar-refractivity contribution in [3.05, 3.63) is 88.5 Å². The number of amides is 4. The number of halogens is 1. The van der Waals surface area contributed by atoms with E-state index in [1.54, 1.807) is 37.3 Å². The van der Waals surface area contributed by atoms with Gasteiger partial charge in [0.05, 0.1) is 12.8 Å². The van der Waals surface area contributed by atoms with Crippen molar-refractivity contribution in [1.29, 1.82) is 0 Å². The first-order chi connectivity index (χ1) is 17.1. The predicted octanol–water partition coefficient (Wildman–Crippen LogP) is 4.09. The van der Waals surface area contributed by atoms with Crippen molar-refractivity contribution < 1.29 is 31.7 Å². The molecule has 0 aliphatic carbocycles. The van der Waals surface area contributed by atoms with E-state index in [0.29, 0.717) is 16.1 Å². The van der Waals surface area contributed by atoms with Crippen LogP contribution in [0.4, 0.5) is 10.5 Å². The van der Waals surface area contributed by atoms with Crippen LogP contribution in [0.5, 0.6) is 11.5 Å². The molecule has 4 rings (SSSR count). The summed E-state index contributed by atoms with van der Waals surface area (Å²) in [6.07, 6.45) is 1.26. The molecular weight excluding hydrogens is 508 g/mol. The molecule has 1 fully saturated rings. The Hall–Kier alpha value is -4.15. The number of urea groups is 1. The standard InChI is InChI=1S/C25H19ClN2O7S/c1-15-8-10-17(26)14-20(15)28-24(30)19(23(29)27-25(28)31)12-16-9-11-21(22(13-16)34-2)35-36(32,33)18-6-4-3-5-7-18/h3-14H,1-2H3,(H,27,29,31)/b19-12+. The number of ether oxygens (including phenoxy) is 1. The lowest BCUT2D eigenvalue weighted by Crippen LogP contribution is -2.54. The molecule has 1 saturated heterocycles. The maximum Gasteiger partial charge on any atom is 0.339 e. The average Bonchev–Trinajstić information content (AvgIpc) is 2.85. The Morgan fingerprint density at radius 3 is 2.36 bits per heavy atom. The summed E-state index contributed by atoms with van der Waals surface area (Å²) in [6.45, 7) is 1.69. The third kappa shape index (κ3) is 4.95. The van der Waals surface area contributed by atoms with Crippen LogP contribution in [0.2, 0.25) is 5.02 Å². The third-order valence-corrected chi connectivity index (χ3v) is 6.73. The lowest BCUT2D eigenvalue weighted by molar-refractivity contribution is -0.122. The van der Waals surface area contributed by atoms with Crippen LogP contribution in [0.3, 0.4) is 0 Å². The van der Waals surface area contributed by atoms with E-state index in [-0.39, 0.29) is 27.7 Å². The summed E-state index contributed by atoms with van der Waals surface area (Å²) in [6, 6.07) is 15.6. The molecule has 9 nitrogen and oxygen atoms in total. The van der Waals surface area contributed by atoms with Gasteiger partial charge in [0, 0.05) is 5.02 Å². The maximum atomic E-state index is 13.2. The number of anilines is 1. The zero-order valence-corrected chi connectivity index (χ0v) is 20.6. The number of nitrogens with one attached hydrogen (secondary N) is 1. The minimum atomic E-state index is -4.12. The monoisotopic (exact) mass is 526 g/mol. The second-order valence-electron chi connectivity index (χ2n) is 7.65. The number of carbonyl (C=O) groups excluding carboxylic acids is 3. The van der Waals surface area contributed by atoms with Gasteiger partial charge in [-0.15, -0.1) is 0 Å². The fourth-order valence-corrected chi connectivity index (χ4v) is 4.59. The van der Waals surface area contributed by atoms with Gasteiger partial charge in [-0.05, 0) is 60.5 Å². The lowest BCUT2D eigenvalue weighted by Gasteiger charge is -2.27. The van der Waals surface area contributed by atoms with Crippen LogP contribution in [0, 0.1) is 6.92 Å². The molecule has 0 aromatic heterocycles. The highest BCUT2D eigenvalue weighted by Gasteiger charge is 2.37. The van der Waals surface area contributed by atoms with E-state index in [0.717, 1.165) is 4.90 Å². The van der Waals surface area contributed by atoms with Crippen LogP contribution in [0.15, 0.2) is 77.2 Å². The van der Waals surface area contributed by atoms with E-state index < -0.39 is 28.0 Å². The number of nitrogens with zero attached hydrogens (tertiary/aromatic N) is 1. The lowest BCUT2D eigenvalue weighted by atomic mass is 10.1. The molecule has 4 amide bonds. The number of methoxy groups -OCH3 is 1. The maximum absolute atomic E-state index is 13.2. The van der Waals surface area contributed by atoms with Crippen LogP contribution in [0.25, 0.3) is 6.08 Å². The van der Waals surface area contributed by atoms with Gasteiger partial charge in [-0.3, -0.25) is 14.9 Å². The van der Waals surface area contributed by atoms with Gasteiger partial charge in [-0.25, -0.2) is 9.69 Å². The summed E-state index contributed by atoms with van der Waals surface area (Å²) < 4.78 is 35.6. The molecule has 3 aromatic carbocycles. The van der Waals surface area contributed by atoms with Crippen molar-refractivity contribution in [3.63, 3.8) is 0 Å². The first-order valence-corrected chi connectivity index (χ1v) is 12.2. The second kappa shape index (κ2) is 9.84. The first kappa shape index (κ1) is 25.0. The van der Waals surface area contributed by atoms with E-state index in [2.05, 4.69) is 5.32 Å². The molecule has 0 radical (unpaired) electrons. The number of hydrogen-bond donors (Lipinski definition) is 1. The average molecular weight is 527 g/mol. The van der Waals surface area contributed by atoms with Gasteiger partial charge in [-0.2, -0.15) is 8.42 Å². The number of carbonyl (C=O) groups is 3. The van der Waals surface area contributed by atoms with Crippen LogP contribution in [0.1, 0.15) is 11.1 Å². The zero-order valence-electron chi connectivity index (χ0n) is 19.0. The fourth-order valence-electron chi connectivity index (χ4n) is 3.46. The van der Waals surface area contributed by atoms with E-state index >= 15 is 0 Å². The zero-order chi connectivity index (χ0) is 26.0. The molecule has 0 atom stereocenters. The van der Waals surface area contributed by atoms with Crippen molar-refractivity contribution in [3.8, 4) is 11.5 Å². The minimum Gasteiger partial charge on any atom is -0.493 e. The smallest absolute Gasteiger partial charge is 0.339 e. The number of aryl methyl sites for hydroxylation is 1. The molecule has 0 saturated carbocycles. The quantitative estimate of drug-likeness (QED) is 0.292. The Kier molecular flexibility index (Phi) is 6.82. The summed E-state index contributed by atoms with van der Waals surface area (Å²) in [5.74, 6) is -1.77. The van der Waals surface area contributed by atoms with Gasteiger partial charge in [0.2, 0.25) is 0 Å². The number of barbiturate groups is 1. The Morgan fingerprint density at radius 2 is 1.67 bits per heavy atom. The van der Waals surface area contributed by atoms with Crippen molar-refractivity contribution in [2.75, 3.05) is 12.0 Å². The summed E-state index contributed by atoms with van der Waals surface area (Å²) in [7, 11) is -2.81. The molecule has 1 heterocycles. The second-order valence-corrected chi connectivity index (χ2v) is 9.63. The largest absolute Gasteiger partial charge is 0.493 e. The number of hydrogen-bond acceptors (Lipinski definition) is 7. The van der Waals surface area contributed by atoms with Crippen molar-refractivity contribution in [2.45, 2.75) is 11.8 Å². The molecule has 1 aliphatic rings. The van der Waals surface area contributed by atoms with Gasteiger partial charge >= 0.3 is 16.1 Å². The van der Waals surface area contributed by atoms with Crippen LogP contribution >= 0.6 is 11.6 Å². The molecule has 1 N–H and O–H groups in total. The summed E-state index contributed by atoms with van der Waals surface area (Å²) in [5.41, 5.74) is 0.837. The molecule has 11 heteroatoms. The molecule has 0 spiro atoms. The molecule has 36 heavy (non-hydrogen) atoms. The van der Waals surface area contributed by atoms with Crippen LogP contribution < -0.4 is 19.1 Å². The van der Waals surface area contributed by atoms with Gasteiger partial charge in [-0.1, -0.05) is 41.9 Å². The van der Waals surface area contributed by atoms with E-state index in [1.807, 2.05) is 0 Å². The Labute approximate surface area is 212 Å². The van der Waals surface area contributed by atoms with E-state index in [9.17, 15) is 22.8 Å². The number of rotatable bonds is 6. The predicted molar refractivity (Wildman–Crippen MR) is 132 cm³/mol. The third-order valence-electron chi connectivity index (χ3n) is 5.24. The SMILES string of the molecule is COc1cc(/C=C2\C(=O)NC(=O)N(c3cc(Cl)ccc3C)C2=O)ccc1OS(=O)(=O)c1ccccc1. The van der Waals surface area contributed by atoms with Gasteiger partial charge in [0.25, 0.3) is 11.8 Å². The Bertz CT molecular complexity index is 1520. The summed E-state index contributed by atoms with van der Waals surface area (Å²) in [4.78, 5) is 39.0. The summed E-state index contributed by atoms with van der Waals surface area (Å²) >= 11 is 6.04. The van der Waals surface area contributed by atoms with Crippen LogP contribution in [-0.2, 0) is 19.7 Å². The van der Waals surface area contributed by atoms with Gasteiger partial charge in [0.1, 0.15) is 10.5 Å². The molecule has 0 unspecified atom stereocenters. The molecule has 184 valence electrons. The van der Waals surface area contributed by atoms with Crippen molar-refractivity contribution >= 4 is 51.3 Å². The van der Waals surface area contributed by atoms with Crippen LogP contribution in [-0.4, -0.2) is 33.4 Å². The number of imide groups is 2. The first-order valence-electron chi connectivity index (χ1n) is 10.5. The Balaban J connectivity index is 1.68. The topological polar surface area (TPSA) is 119 Å². The number of benzene rings is 3. The normalized spacial score (nSPS) is 15.1. The van der Waals surface area contributed by atoms with E-state index in [1.165, 1.54) is 49.6 Å². The summed E-state index contributed by atoms with van der Waals surface area (Å²) in [5, 5.41) is 2.45. The highest BCUT2D eigenvalue weighted by atomic mass is 35.5. The Morgan fingerprint density at radius 1 is 0.944 bits per heavy atom. The van der Waals surface area contributed by atoms with E-state index in [4.69, 9.17) is 20.5 Å². The minimum absolute atomic E-state index is 0.0382. The molecule has 3 aromatic rings.